The lowest BCUT2D eigenvalue weighted by Gasteiger charge is -2.36. The summed E-state index contributed by atoms with van der Waals surface area (Å²) < 4.78 is 21.3. The summed E-state index contributed by atoms with van der Waals surface area (Å²) in [5.74, 6) is 0.102. The zero-order valence-corrected chi connectivity index (χ0v) is 18.5. The second-order valence-corrected chi connectivity index (χ2v) is 7.99. The average Bonchev–Trinajstić information content (AvgIpc) is 3.19. The van der Waals surface area contributed by atoms with Crippen LogP contribution in [0.4, 0.5) is 21.6 Å². The summed E-state index contributed by atoms with van der Waals surface area (Å²) in [7, 11) is 1.83. The van der Waals surface area contributed by atoms with E-state index in [2.05, 4.69) is 25.7 Å². The second-order valence-electron chi connectivity index (χ2n) is 7.99. The van der Waals surface area contributed by atoms with E-state index in [1.807, 2.05) is 45.0 Å². The summed E-state index contributed by atoms with van der Waals surface area (Å²) in [6, 6.07) is 3.52. The number of hydrogen-bond donors (Lipinski definition) is 2. The number of halogens is 1. The minimum Gasteiger partial charge on any atom is -0.366 e. The maximum Gasteiger partial charge on any atom is 0.274 e. The molecule has 0 aliphatic carbocycles. The summed E-state index contributed by atoms with van der Waals surface area (Å²) in [5.41, 5.74) is 3.67. The first-order valence-electron chi connectivity index (χ1n) is 10.4. The molecule has 2 N–H and O–H groups in total. The maximum absolute atomic E-state index is 13.8. The van der Waals surface area contributed by atoms with Crippen molar-refractivity contribution in [3.63, 3.8) is 0 Å². The van der Waals surface area contributed by atoms with Crippen LogP contribution in [0, 0.1) is 12.7 Å². The summed E-state index contributed by atoms with van der Waals surface area (Å²) >= 11 is 0. The van der Waals surface area contributed by atoms with Gasteiger partial charge in [-0.2, -0.15) is 5.10 Å². The van der Waals surface area contributed by atoms with E-state index in [1.165, 1.54) is 6.20 Å². The first-order chi connectivity index (χ1) is 15.3. The summed E-state index contributed by atoms with van der Waals surface area (Å²) in [6.45, 7) is 6.46. The molecule has 4 heterocycles. The van der Waals surface area contributed by atoms with E-state index in [1.54, 1.807) is 23.1 Å². The predicted octanol–water partition coefficient (Wildman–Crippen LogP) is 2.92. The third kappa shape index (κ3) is 4.54. The molecule has 1 aliphatic heterocycles. The Bertz CT molecular complexity index is 1130. The number of fused-ring (bicyclic) bond motifs is 1. The molecular formula is C22H26FN7O2. The Labute approximate surface area is 185 Å². The lowest BCUT2D eigenvalue weighted by molar-refractivity contribution is -0.130. The number of aryl methyl sites for hydroxylation is 1. The monoisotopic (exact) mass is 439 g/mol. The molecule has 0 aromatic carbocycles. The molecule has 168 valence electrons. The molecule has 32 heavy (non-hydrogen) atoms. The molecule has 0 fully saturated rings. The van der Waals surface area contributed by atoms with Crippen LogP contribution < -0.4 is 15.5 Å². The Morgan fingerprint density at radius 3 is 2.91 bits per heavy atom. The van der Waals surface area contributed by atoms with Gasteiger partial charge in [0.05, 0.1) is 42.1 Å². The van der Waals surface area contributed by atoms with Crippen LogP contribution in [-0.2, 0) is 22.6 Å². The number of carbonyl (C=O) groups is 1. The van der Waals surface area contributed by atoms with E-state index in [9.17, 15) is 9.18 Å². The number of hydrogen-bond acceptors (Lipinski definition) is 7. The van der Waals surface area contributed by atoms with Gasteiger partial charge in [0, 0.05) is 43.2 Å². The van der Waals surface area contributed by atoms with Crippen LogP contribution in [-0.4, -0.2) is 45.0 Å². The first kappa shape index (κ1) is 21.7. The Balaban J connectivity index is 1.47. The smallest absolute Gasteiger partial charge is 0.274 e. The number of nitrogens with zero attached hydrogens (tertiary/aromatic N) is 5. The number of anilines is 3. The maximum atomic E-state index is 13.8. The fourth-order valence-corrected chi connectivity index (χ4v) is 3.56. The standard InChI is InChI=1S/C22H26FN7O2/c1-13(2)32-22-21(31)28-20-14(3)27-19(7-18(20)29(22)4)25-8-15-9-26-30(11-15)12-16-5-6-24-10-17(16)23/h5-7,9-11,13,22H,8,12H2,1-4H3,(H,25,27)(H,28,31). The molecule has 0 radical (unpaired) electrons. The van der Waals surface area contributed by atoms with Crippen molar-refractivity contribution in [3.8, 4) is 0 Å². The third-order valence-electron chi connectivity index (χ3n) is 5.13. The van der Waals surface area contributed by atoms with Crippen molar-refractivity contribution in [2.45, 2.75) is 46.2 Å². The van der Waals surface area contributed by atoms with Gasteiger partial charge >= 0.3 is 0 Å². The lowest BCUT2D eigenvalue weighted by Crippen LogP contribution is -2.49. The Morgan fingerprint density at radius 2 is 2.16 bits per heavy atom. The number of aromatic nitrogens is 4. The SMILES string of the molecule is Cc1nc(NCc2cnn(Cc3ccncc3F)c2)cc2c1NC(=O)C(OC(C)C)N2C. The minimum atomic E-state index is -0.705. The van der Waals surface area contributed by atoms with Gasteiger partial charge in [-0.25, -0.2) is 9.37 Å². The number of rotatable bonds is 7. The highest BCUT2D eigenvalue weighted by Gasteiger charge is 2.33. The molecule has 0 bridgehead atoms. The van der Waals surface area contributed by atoms with Crippen molar-refractivity contribution >= 4 is 23.1 Å². The Hall–Kier alpha value is -3.53. The lowest BCUT2D eigenvalue weighted by atomic mass is 10.1. The third-order valence-corrected chi connectivity index (χ3v) is 5.13. The topological polar surface area (TPSA) is 97.2 Å². The van der Waals surface area contributed by atoms with Gasteiger partial charge in [-0.3, -0.25) is 14.5 Å². The van der Waals surface area contributed by atoms with Crippen LogP contribution in [0.15, 0.2) is 36.9 Å². The molecule has 1 unspecified atom stereocenters. The van der Waals surface area contributed by atoms with E-state index in [-0.39, 0.29) is 17.8 Å². The van der Waals surface area contributed by atoms with E-state index in [0.29, 0.717) is 35.9 Å². The number of likely N-dealkylation sites (N-methyl/N-ethyl adjacent to an activating group) is 1. The van der Waals surface area contributed by atoms with Crippen LogP contribution in [0.3, 0.4) is 0 Å². The van der Waals surface area contributed by atoms with Crippen molar-refractivity contribution < 1.29 is 13.9 Å². The molecule has 3 aromatic heterocycles. The van der Waals surface area contributed by atoms with Gasteiger partial charge in [-0.05, 0) is 26.8 Å². The largest absolute Gasteiger partial charge is 0.366 e. The van der Waals surface area contributed by atoms with Gasteiger partial charge < -0.3 is 20.3 Å². The van der Waals surface area contributed by atoms with E-state index < -0.39 is 6.23 Å². The van der Waals surface area contributed by atoms with E-state index >= 15 is 0 Å². The van der Waals surface area contributed by atoms with Crippen LogP contribution >= 0.6 is 0 Å². The predicted molar refractivity (Wildman–Crippen MR) is 119 cm³/mol. The van der Waals surface area contributed by atoms with Crippen molar-refractivity contribution in [3.05, 3.63) is 59.6 Å². The van der Waals surface area contributed by atoms with Gasteiger partial charge in [-0.15, -0.1) is 0 Å². The summed E-state index contributed by atoms with van der Waals surface area (Å²) in [6.07, 6.45) is 5.55. The van der Waals surface area contributed by atoms with Crippen molar-refractivity contribution in [1.82, 2.24) is 19.7 Å². The molecule has 1 amide bonds. The Kier molecular flexibility index (Phi) is 6.04. The van der Waals surface area contributed by atoms with Crippen molar-refractivity contribution in [1.29, 1.82) is 0 Å². The van der Waals surface area contributed by atoms with Gasteiger partial charge in [-0.1, -0.05) is 0 Å². The van der Waals surface area contributed by atoms with Gasteiger partial charge in [0.25, 0.3) is 5.91 Å². The van der Waals surface area contributed by atoms with E-state index in [4.69, 9.17) is 4.74 Å². The first-order valence-corrected chi connectivity index (χ1v) is 10.4. The molecule has 3 aromatic rings. The second kappa shape index (κ2) is 8.91. The van der Waals surface area contributed by atoms with Gasteiger partial charge in [0.1, 0.15) is 11.6 Å². The number of carbonyl (C=O) groups excluding carboxylic acids is 1. The van der Waals surface area contributed by atoms with Crippen LogP contribution in [0.25, 0.3) is 0 Å². The quantitative estimate of drug-likeness (QED) is 0.584. The fraction of sp³-hybridized carbons (Fsp3) is 0.364. The number of ether oxygens (including phenoxy) is 1. The number of nitrogens with one attached hydrogen (secondary N) is 2. The zero-order valence-electron chi connectivity index (χ0n) is 18.5. The van der Waals surface area contributed by atoms with E-state index in [0.717, 1.165) is 11.3 Å². The zero-order chi connectivity index (χ0) is 22.8. The molecule has 1 aliphatic rings. The molecule has 10 heteroatoms. The van der Waals surface area contributed by atoms with Crippen molar-refractivity contribution in [2.75, 3.05) is 22.6 Å². The summed E-state index contributed by atoms with van der Waals surface area (Å²) in [5, 5.41) is 10.5. The van der Waals surface area contributed by atoms with Crippen molar-refractivity contribution in [2.24, 2.45) is 0 Å². The highest BCUT2D eigenvalue weighted by Crippen LogP contribution is 2.35. The van der Waals surface area contributed by atoms with Gasteiger partial charge in [0.15, 0.2) is 0 Å². The molecule has 0 spiro atoms. The normalized spacial score (nSPS) is 15.6. The molecule has 1 atom stereocenters. The number of amides is 1. The Morgan fingerprint density at radius 1 is 1.34 bits per heavy atom. The molecule has 0 saturated carbocycles. The molecule has 0 saturated heterocycles. The van der Waals surface area contributed by atoms with Gasteiger partial charge in [0.2, 0.25) is 6.23 Å². The minimum absolute atomic E-state index is 0.0903. The fourth-order valence-electron chi connectivity index (χ4n) is 3.56. The van der Waals surface area contributed by atoms with Crippen LogP contribution in [0.5, 0.6) is 0 Å². The molecular weight excluding hydrogens is 413 g/mol. The van der Waals surface area contributed by atoms with Crippen LogP contribution in [0.1, 0.15) is 30.7 Å². The average molecular weight is 439 g/mol. The highest BCUT2D eigenvalue weighted by atomic mass is 19.1. The summed E-state index contributed by atoms with van der Waals surface area (Å²) in [4.78, 5) is 22.6. The molecule has 9 nitrogen and oxygen atoms in total. The highest BCUT2D eigenvalue weighted by molar-refractivity contribution is 6.03. The number of pyridine rings is 2. The molecule has 4 rings (SSSR count). The van der Waals surface area contributed by atoms with Crippen LogP contribution in [0.2, 0.25) is 0 Å².